The highest BCUT2D eigenvalue weighted by molar-refractivity contribution is 5.85. The third kappa shape index (κ3) is 31.4. The van der Waals surface area contributed by atoms with E-state index in [-0.39, 0.29) is 13.2 Å². The number of aliphatic hydroxyl groups excluding tert-OH is 3. The Morgan fingerprint density at radius 1 is 1.12 bits per heavy atom. The highest BCUT2D eigenvalue weighted by atomic mass is 16.6. The fourth-order valence-electron chi connectivity index (χ4n) is 0.181. The van der Waals surface area contributed by atoms with Crippen LogP contribution in [-0.2, 0) is 4.79 Å². The first kappa shape index (κ1) is 20.7. The van der Waals surface area contributed by atoms with E-state index in [0.29, 0.717) is 5.57 Å². The number of hydrogen-bond acceptors (Lipinski definition) is 5. The molecule has 102 valence electrons. The van der Waals surface area contributed by atoms with Gasteiger partial charge < -0.3 is 30.6 Å². The maximum Gasteiger partial charge on any atom is 0.503 e. The van der Waals surface area contributed by atoms with Gasteiger partial charge in [-0.05, 0) is 13.8 Å². The summed E-state index contributed by atoms with van der Waals surface area (Å²) in [6, 6.07) is 0. The van der Waals surface area contributed by atoms with E-state index in [9.17, 15) is 4.79 Å². The summed E-state index contributed by atoms with van der Waals surface area (Å²) in [5, 5.41) is 46.1. The summed E-state index contributed by atoms with van der Waals surface area (Å²) in [7, 11) is 0. The minimum Gasteiger partial charge on any atom is -0.478 e. The molecule has 0 heterocycles. The van der Waals surface area contributed by atoms with Crippen molar-refractivity contribution in [3.8, 4) is 0 Å². The first-order valence-corrected chi connectivity index (χ1v) is 4.40. The van der Waals surface area contributed by atoms with Crippen molar-refractivity contribution in [3.63, 3.8) is 0 Å². The van der Waals surface area contributed by atoms with Crippen molar-refractivity contribution in [2.45, 2.75) is 20.0 Å². The number of carboxylic acid groups (broad SMARTS) is 3. The summed E-state index contributed by atoms with van der Waals surface area (Å²) in [5.41, 5.74) is 0.389. The molecule has 0 aromatic heterocycles. The van der Waals surface area contributed by atoms with E-state index in [2.05, 4.69) is 0 Å². The van der Waals surface area contributed by atoms with Gasteiger partial charge in [-0.1, -0.05) is 6.08 Å². The first-order valence-electron chi connectivity index (χ1n) is 4.40. The van der Waals surface area contributed by atoms with Gasteiger partial charge in [0.2, 0.25) is 0 Å². The smallest absolute Gasteiger partial charge is 0.478 e. The summed E-state index contributed by atoms with van der Waals surface area (Å²) in [4.78, 5) is 18.4. The summed E-state index contributed by atoms with van der Waals surface area (Å²) in [5.74, 6) is -0.845. The van der Waals surface area contributed by atoms with Crippen molar-refractivity contribution in [1.29, 1.82) is 0 Å². The van der Waals surface area contributed by atoms with E-state index >= 15 is 0 Å². The average Bonchev–Trinajstić information content (AvgIpc) is 2.26. The first-order chi connectivity index (χ1) is 7.72. The lowest BCUT2D eigenvalue weighted by atomic mass is 10.3. The molecule has 0 saturated carbocycles. The van der Waals surface area contributed by atoms with Crippen LogP contribution in [0.5, 0.6) is 0 Å². The van der Waals surface area contributed by atoms with E-state index < -0.39 is 18.2 Å². The Balaban J connectivity index is -0.000000180. The highest BCUT2D eigenvalue weighted by Gasteiger charge is 1.94. The molecule has 0 bridgehead atoms. The van der Waals surface area contributed by atoms with E-state index in [1.54, 1.807) is 19.9 Å². The normalized spacial score (nSPS) is 9.65. The number of allylic oxidation sites excluding steroid dienone is 1. The van der Waals surface area contributed by atoms with Gasteiger partial charge in [0.05, 0.1) is 13.2 Å². The van der Waals surface area contributed by atoms with Gasteiger partial charge in [0.25, 0.3) is 0 Å². The molecule has 0 aromatic rings. The molecule has 6 N–H and O–H groups in total. The van der Waals surface area contributed by atoms with Gasteiger partial charge in [-0.2, -0.15) is 0 Å². The quantitative estimate of drug-likeness (QED) is 0.371. The van der Waals surface area contributed by atoms with Gasteiger partial charge in [0, 0.05) is 5.57 Å². The molecule has 0 aliphatic heterocycles. The van der Waals surface area contributed by atoms with Gasteiger partial charge in [-0.3, -0.25) is 0 Å². The van der Waals surface area contributed by atoms with Crippen LogP contribution in [0.2, 0.25) is 0 Å². The maximum atomic E-state index is 9.86. The van der Waals surface area contributed by atoms with Crippen molar-refractivity contribution in [2.75, 3.05) is 13.2 Å². The molecule has 0 amide bonds. The topological polar surface area (TPSA) is 156 Å². The van der Waals surface area contributed by atoms with Crippen LogP contribution in [-0.4, -0.2) is 62.1 Å². The summed E-state index contributed by atoms with van der Waals surface area (Å²) < 4.78 is 0. The SMILES string of the molecule is CC=C(C)C(=O)O.O=C(O)O.OCC(O)CO. The minimum absolute atomic E-state index is 0.365. The van der Waals surface area contributed by atoms with Crippen LogP contribution in [0.1, 0.15) is 13.8 Å². The molecule has 0 radical (unpaired) electrons. The number of hydrogen-bond donors (Lipinski definition) is 6. The summed E-state index contributed by atoms with van der Waals surface area (Å²) in [6.07, 6.45) is -1.23. The summed E-state index contributed by atoms with van der Waals surface area (Å²) >= 11 is 0. The fourth-order valence-corrected chi connectivity index (χ4v) is 0.181. The lowest BCUT2D eigenvalue weighted by Crippen LogP contribution is -2.15. The highest BCUT2D eigenvalue weighted by Crippen LogP contribution is 1.87. The van der Waals surface area contributed by atoms with Crippen molar-refractivity contribution in [2.24, 2.45) is 0 Å². The molecule has 0 saturated heterocycles. The third-order valence-electron chi connectivity index (χ3n) is 1.19. The predicted octanol–water partition coefficient (Wildman–Crippen LogP) is -0.408. The van der Waals surface area contributed by atoms with Gasteiger partial charge in [0.1, 0.15) is 6.10 Å². The van der Waals surface area contributed by atoms with E-state index in [4.69, 9.17) is 35.4 Å². The Hall–Kier alpha value is -1.64. The molecule has 0 aliphatic rings. The van der Waals surface area contributed by atoms with Crippen LogP contribution in [0, 0.1) is 0 Å². The molecular weight excluding hydrogens is 236 g/mol. The average molecular weight is 254 g/mol. The zero-order valence-electron chi connectivity index (χ0n) is 9.57. The molecular formula is C9H18O8. The molecule has 0 aromatic carbocycles. The Bertz CT molecular complexity index is 227. The van der Waals surface area contributed by atoms with Crippen LogP contribution in [0.3, 0.4) is 0 Å². The Morgan fingerprint density at radius 2 is 1.41 bits per heavy atom. The molecule has 0 aliphatic carbocycles. The van der Waals surface area contributed by atoms with Crippen LogP contribution < -0.4 is 0 Å². The van der Waals surface area contributed by atoms with Gasteiger partial charge in [-0.25, -0.2) is 9.59 Å². The molecule has 0 fully saturated rings. The van der Waals surface area contributed by atoms with Crippen molar-refractivity contribution in [1.82, 2.24) is 0 Å². The van der Waals surface area contributed by atoms with Gasteiger partial charge in [0.15, 0.2) is 0 Å². The van der Waals surface area contributed by atoms with E-state index in [1.807, 2.05) is 0 Å². The van der Waals surface area contributed by atoms with Crippen molar-refractivity contribution in [3.05, 3.63) is 11.6 Å². The maximum absolute atomic E-state index is 9.86. The van der Waals surface area contributed by atoms with Crippen molar-refractivity contribution >= 4 is 12.1 Å². The second kappa shape index (κ2) is 14.4. The molecule has 0 atom stereocenters. The Kier molecular flexibility index (Phi) is 17.5. The standard InChI is InChI=1S/C5H8O2.C3H8O3.CH2O3/c1-3-4(2)5(6)7;4-1-3(6)2-5;2-1(3)4/h3H,1-2H3,(H,6,7);3-6H,1-2H2;(H2,2,3,4). The van der Waals surface area contributed by atoms with Crippen LogP contribution in [0.15, 0.2) is 11.6 Å². The number of rotatable bonds is 3. The minimum atomic E-state index is -1.83. The fraction of sp³-hybridized carbons (Fsp3) is 0.556. The lowest BCUT2D eigenvalue weighted by molar-refractivity contribution is -0.132. The largest absolute Gasteiger partial charge is 0.503 e. The molecule has 8 heteroatoms. The summed E-state index contributed by atoms with van der Waals surface area (Å²) in [6.45, 7) is 2.53. The van der Waals surface area contributed by atoms with Crippen LogP contribution in [0.4, 0.5) is 4.79 Å². The predicted molar refractivity (Wildman–Crippen MR) is 57.9 cm³/mol. The number of aliphatic hydroxyl groups is 3. The third-order valence-corrected chi connectivity index (χ3v) is 1.19. The number of carbonyl (C=O) groups is 2. The Labute approximate surface area is 98.1 Å². The van der Waals surface area contributed by atoms with E-state index in [1.165, 1.54) is 0 Å². The Morgan fingerprint density at radius 3 is 1.41 bits per heavy atom. The second-order valence-electron chi connectivity index (χ2n) is 2.58. The van der Waals surface area contributed by atoms with Gasteiger partial charge in [-0.15, -0.1) is 0 Å². The zero-order valence-corrected chi connectivity index (χ0v) is 9.57. The van der Waals surface area contributed by atoms with Crippen molar-refractivity contribution < 1.29 is 40.2 Å². The molecule has 0 spiro atoms. The van der Waals surface area contributed by atoms with E-state index in [0.717, 1.165) is 0 Å². The second-order valence-corrected chi connectivity index (χ2v) is 2.58. The lowest BCUT2D eigenvalue weighted by Gasteiger charge is -1.96. The number of aliphatic carboxylic acids is 1. The van der Waals surface area contributed by atoms with Gasteiger partial charge >= 0.3 is 12.1 Å². The number of carboxylic acids is 1. The monoisotopic (exact) mass is 254 g/mol. The zero-order chi connectivity index (χ0) is 14.4. The molecule has 0 unspecified atom stereocenters. The molecule has 17 heavy (non-hydrogen) atoms. The van der Waals surface area contributed by atoms with Crippen LogP contribution >= 0.6 is 0 Å². The molecule has 8 nitrogen and oxygen atoms in total. The van der Waals surface area contributed by atoms with Crippen LogP contribution in [0.25, 0.3) is 0 Å². The molecule has 0 rings (SSSR count).